The molecule has 0 aliphatic rings. The molecule has 53 heavy (non-hydrogen) atoms. The average Bonchev–Trinajstić information content (AvgIpc) is 3.63. The molecule has 0 saturated carbocycles. The van der Waals surface area contributed by atoms with E-state index in [1.165, 1.54) is 0 Å². The number of hydrogen-bond acceptors (Lipinski definition) is 4. The van der Waals surface area contributed by atoms with Crippen LogP contribution in [-0.4, -0.2) is 15.0 Å². The maximum Gasteiger partial charge on any atom is 0.164 e. The normalized spacial score (nSPS) is 11.4. The molecule has 8 aromatic carbocycles. The van der Waals surface area contributed by atoms with Gasteiger partial charge in [0.05, 0.1) is 0 Å². The van der Waals surface area contributed by atoms with Crippen molar-refractivity contribution in [3.05, 3.63) is 188 Å². The average molecular weight is 678 g/mol. The Morgan fingerprint density at radius 1 is 0.302 bits per heavy atom. The van der Waals surface area contributed by atoms with Crippen molar-refractivity contribution in [1.29, 1.82) is 0 Å². The van der Waals surface area contributed by atoms with E-state index in [-0.39, 0.29) is 0 Å². The summed E-state index contributed by atoms with van der Waals surface area (Å²) >= 11 is 0. The third-order valence-corrected chi connectivity index (χ3v) is 9.92. The standard InChI is InChI=1S/C49H31N3O/c1-4-15-32(16-5-1)39-26-14-27-41-42(31-43-40-25-10-11-28-44(40)53-46(43)45(39)41)37-23-12-21-35(29-37)36-22-13-24-38(30-36)49-51-47(33-17-6-2-7-18-33)50-48(52-49)34-19-8-3-9-20-34/h1-31H. The maximum atomic E-state index is 6.62. The minimum Gasteiger partial charge on any atom is -0.455 e. The van der Waals surface area contributed by atoms with Gasteiger partial charge in [0, 0.05) is 32.8 Å². The van der Waals surface area contributed by atoms with Gasteiger partial charge in [0.15, 0.2) is 17.5 Å². The van der Waals surface area contributed by atoms with Crippen LogP contribution in [0.3, 0.4) is 0 Å². The summed E-state index contributed by atoms with van der Waals surface area (Å²) in [7, 11) is 0. The topological polar surface area (TPSA) is 51.8 Å². The molecule has 0 unspecified atom stereocenters. The zero-order valence-electron chi connectivity index (χ0n) is 28.6. The third-order valence-electron chi connectivity index (χ3n) is 9.92. The summed E-state index contributed by atoms with van der Waals surface area (Å²) in [5.41, 5.74) is 11.4. The zero-order chi connectivity index (χ0) is 35.1. The number of hydrogen-bond donors (Lipinski definition) is 0. The molecule has 0 spiro atoms. The Hall–Kier alpha value is -7.17. The smallest absolute Gasteiger partial charge is 0.164 e. The first-order chi connectivity index (χ1) is 26.3. The maximum absolute atomic E-state index is 6.62. The number of furan rings is 1. The van der Waals surface area contributed by atoms with Gasteiger partial charge in [-0.3, -0.25) is 0 Å². The number of fused-ring (bicyclic) bond motifs is 5. The Labute approximate surface area is 306 Å². The summed E-state index contributed by atoms with van der Waals surface area (Å²) in [6.45, 7) is 0. The van der Waals surface area contributed by atoms with Crippen LogP contribution in [0.2, 0.25) is 0 Å². The zero-order valence-corrected chi connectivity index (χ0v) is 28.6. The van der Waals surface area contributed by atoms with Gasteiger partial charge in [-0.05, 0) is 63.0 Å². The van der Waals surface area contributed by atoms with Crippen molar-refractivity contribution in [3.8, 4) is 67.5 Å². The van der Waals surface area contributed by atoms with E-state index in [0.717, 1.165) is 82.8 Å². The minimum atomic E-state index is 0.632. The molecule has 0 fully saturated rings. The highest BCUT2D eigenvalue weighted by Crippen LogP contribution is 2.44. The fraction of sp³-hybridized carbons (Fsp3) is 0. The van der Waals surface area contributed by atoms with Crippen LogP contribution in [0.25, 0.3) is 100 Å². The summed E-state index contributed by atoms with van der Waals surface area (Å²) in [6.07, 6.45) is 0. The Morgan fingerprint density at radius 3 is 1.43 bits per heavy atom. The summed E-state index contributed by atoms with van der Waals surface area (Å²) in [4.78, 5) is 14.9. The van der Waals surface area contributed by atoms with E-state index >= 15 is 0 Å². The molecule has 0 saturated heterocycles. The van der Waals surface area contributed by atoms with Gasteiger partial charge in [-0.25, -0.2) is 15.0 Å². The molecular formula is C49H31N3O. The van der Waals surface area contributed by atoms with E-state index in [0.29, 0.717) is 17.5 Å². The SMILES string of the molecule is c1ccc(-c2nc(-c3ccccc3)nc(-c3cccc(-c4cccc(-c5cc6c7ccccc7oc6c6c(-c7ccccc7)cccc56)c4)c3)n2)cc1. The molecule has 248 valence electrons. The molecule has 10 rings (SSSR count). The van der Waals surface area contributed by atoms with Crippen molar-refractivity contribution >= 4 is 32.7 Å². The van der Waals surface area contributed by atoms with E-state index in [4.69, 9.17) is 19.4 Å². The second kappa shape index (κ2) is 12.9. The Morgan fingerprint density at radius 2 is 0.774 bits per heavy atom. The van der Waals surface area contributed by atoms with Crippen molar-refractivity contribution < 1.29 is 4.42 Å². The summed E-state index contributed by atoms with van der Waals surface area (Å²) in [6, 6.07) is 65.2. The van der Waals surface area contributed by atoms with E-state index in [1.54, 1.807) is 0 Å². The van der Waals surface area contributed by atoms with Gasteiger partial charge < -0.3 is 4.42 Å². The lowest BCUT2D eigenvalue weighted by molar-refractivity contribution is 0.673. The molecule has 0 bridgehead atoms. The van der Waals surface area contributed by atoms with Crippen LogP contribution < -0.4 is 0 Å². The minimum absolute atomic E-state index is 0.632. The van der Waals surface area contributed by atoms with Crippen molar-refractivity contribution in [2.24, 2.45) is 0 Å². The molecule has 2 aromatic heterocycles. The Bertz CT molecular complexity index is 2880. The van der Waals surface area contributed by atoms with E-state index in [9.17, 15) is 0 Å². The lowest BCUT2D eigenvalue weighted by atomic mass is 9.90. The van der Waals surface area contributed by atoms with E-state index < -0.39 is 0 Å². The number of benzene rings is 8. The molecule has 4 heteroatoms. The van der Waals surface area contributed by atoms with Crippen LogP contribution in [0.15, 0.2) is 192 Å². The van der Waals surface area contributed by atoms with Crippen molar-refractivity contribution in [1.82, 2.24) is 15.0 Å². The van der Waals surface area contributed by atoms with Crippen LogP contribution >= 0.6 is 0 Å². The Balaban J connectivity index is 1.13. The van der Waals surface area contributed by atoms with Crippen LogP contribution in [0.1, 0.15) is 0 Å². The van der Waals surface area contributed by atoms with Gasteiger partial charge in [0.25, 0.3) is 0 Å². The highest BCUT2D eigenvalue weighted by Gasteiger charge is 2.19. The van der Waals surface area contributed by atoms with E-state index in [2.05, 4.69) is 121 Å². The Kier molecular flexibility index (Phi) is 7.43. The quantitative estimate of drug-likeness (QED) is 0.176. The van der Waals surface area contributed by atoms with Gasteiger partial charge in [-0.15, -0.1) is 0 Å². The van der Waals surface area contributed by atoms with E-state index in [1.807, 2.05) is 66.7 Å². The second-order valence-electron chi connectivity index (χ2n) is 13.2. The molecule has 0 N–H and O–H groups in total. The predicted molar refractivity (Wildman–Crippen MR) is 217 cm³/mol. The third kappa shape index (κ3) is 5.54. The molecule has 2 heterocycles. The van der Waals surface area contributed by atoms with Gasteiger partial charge in [0.2, 0.25) is 0 Å². The van der Waals surface area contributed by atoms with Gasteiger partial charge >= 0.3 is 0 Å². The number of aromatic nitrogens is 3. The van der Waals surface area contributed by atoms with Crippen molar-refractivity contribution in [2.75, 3.05) is 0 Å². The largest absolute Gasteiger partial charge is 0.455 e. The lowest BCUT2D eigenvalue weighted by Crippen LogP contribution is -2.00. The molecule has 0 amide bonds. The van der Waals surface area contributed by atoms with Crippen LogP contribution in [0.4, 0.5) is 0 Å². The molecule has 0 atom stereocenters. The first-order valence-corrected chi connectivity index (χ1v) is 17.8. The fourth-order valence-corrected chi connectivity index (χ4v) is 7.38. The number of para-hydroxylation sites is 1. The summed E-state index contributed by atoms with van der Waals surface area (Å²) in [5, 5.41) is 4.49. The first-order valence-electron chi connectivity index (χ1n) is 17.8. The van der Waals surface area contributed by atoms with Crippen molar-refractivity contribution in [3.63, 3.8) is 0 Å². The van der Waals surface area contributed by atoms with Crippen molar-refractivity contribution in [2.45, 2.75) is 0 Å². The molecule has 0 aliphatic carbocycles. The monoisotopic (exact) mass is 677 g/mol. The molecule has 10 aromatic rings. The molecule has 0 aliphatic heterocycles. The van der Waals surface area contributed by atoms with Crippen LogP contribution in [0.5, 0.6) is 0 Å². The molecule has 0 radical (unpaired) electrons. The number of rotatable bonds is 6. The highest BCUT2D eigenvalue weighted by molar-refractivity contribution is 6.22. The van der Waals surface area contributed by atoms with Gasteiger partial charge in [-0.2, -0.15) is 0 Å². The fourth-order valence-electron chi connectivity index (χ4n) is 7.38. The summed E-state index contributed by atoms with van der Waals surface area (Å²) in [5.74, 6) is 1.92. The van der Waals surface area contributed by atoms with Crippen LogP contribution in [-0.2, 0) is 0 Å². The molecule has 4 nitrogen and oxygen atoms in total. The van der Waals surface area contributed by atoms with Gasteiger partial charge in [-0.1, -0.05) is 164 Å². The van der Waals surface area contributed by atoms with Gasteiger partial charge in [0.1, 0.15) is 11.2 Å². The van der Waals surface area contributed by atoms with Crippen LogP contribution in [0, 0.1) is 0 Å². The molecular weight excluding hydrogens is 647 g/mol. The predicted octanol–water partition coefficient (Wildman–Crippen LogP) is 12.9. The first kappa shape index (κ1) is 30.6. The second-order valence-corrected chi connectivity index (χ2v) is 13.2. The summed E-state index contributed by atoms with van der Waals surface area (Å²) < 4.78 is 6.62. The highest BCUT2D eigenvalue weighted by atomic mass is 16.3. The lowest BCUT2D eigenvalue weighted by Gasteiger charge is -2.14. The number of nitrogens with zero attached hydrogens (tertiary/aromatic N) is 3.